The second kappa shape index (κ2) is 8.03. The topological polar surface area (TPSA) is 108 Å². The van der Waals surface area contributed by atoms with Crippen molar-refractivity contribution in [2.75, 3.05) is 0 Å². The Hall–Kier alpha value is -5.44. The third-order valence-corrected chi connectivity index (χ3v) is 7.46. The van der Waals surface area contributed by atoms with Gasteiger partial charge in [-0.3, -0.25) is 0 Å². The predicted molar refractivity (Wildman–Crippen MR) is 156 cm³/mol. The van der Waals surface area contributed by atoms with Crippen molar-refractivity contribution < 1.29 is 0 Å². The van der Waals surface area contributed by atoms with E-state index >= 15 is 0 Å². The number of nitrogens with zero attached hydrogens (tertiary/aromatic N) is 8. The SMILES string of the molecule is [C-]#[N+]c1nc2c3cc(C(C)(C)C)cc4c5nc(C#N)c(C#N)nc5c5cc(C(C)(C)C)cc(c2nc1[N+]#[C-])c5c43. The molecule has 190 valence electrons. The van der Waals surface area contributed by atoms with Crippen LogP contribution in [0.5, 0.6) is 0 Å². The molecular weight excluding hydrogens is 496 g/mol. The van der Waals surface area contributed by atoms with Gasteiger partial charge in [-0.2, -0.15) is 10.5 Å². The molecular formula is C32H22N8. The number of aromatic nitrogens is 4. The Morgan fingerprint density at radius 2 is 0.875 bits per heavy atom. The van der Waals surface area contributed by atoms with E-state index in [0.717, 1.165) is 43.4 Å². The van der Waals surface area contributed by atoms with E-state index in [4.69, 9.17) is 33.1 Å². The lowest BCUT2D eigenvalue weighted by atomic mass is 9.80. The van der Waals surface area contributed by atoms with Gasteiger partial charge in [-0.05, 0) is 46.2 Å². The van der Waals surface area contributed by atoms with Gasteiger partial charge in [0.05, 0.1) is 11.0 Å². The number of benzene rings is 4. The van der Waals surface area contributed by atoms with Crippen LogP contribution < -0.4 is 0 Å². The van der Waals surface area contributed by atoms with E-state index in [1.54, 1.807) is 0 Å². The lowest BCUT2D eigenvalue weighted by Crippen LogP contribution is -2.12. The molecule has 2 heterocycles. The summed E-state index contributed by atoms with van der Waals surface area (Å²) in [6.07, 6.45) is 0. The van der Waals surface area contributed by atoms with E-state index in [-0.39, 0.29) is 33.9 Å². The number of rotatable bonds is 0. The molecule has 0 spiro atoms. The standard InChI is InChI=1S/C32H22N8/c1-31(2,3)15-9-17-23-19(11-15)27-28(40-30(36-8)29(35-7)39-27)20-12-16(32(4,5)6)10-18(24(20)23)26-25(17)37-21(13-33)22(14-34)38-26/h9-12H,1-6H3. The molecule has 0 bridgehead atoms. The van der Waals surface area contributed by atoms with Gasteiger partial charge in [-0.15, -0.1) is 9.97 Å². The van der Waals surface area contributed by atoms with Gasteiger partial charge >= 0.3 is 0 Å². The monoisotopic (exact) mass is 518 g/mol. The largest absolute Gasteiger partial charge is 0.370 e. The third kappa shape index (κ3) is 3.34. The first-order chi connectivity index (χ1) is 18.9. The molecule has 0 amide bonds. The van der Waals surface area contributed by atoms with Crippen molar-refractivity contribution in [3.8, 4) is 12.1 Å². The first-order valence-corrected chi connectivity index (χ1v) is 12.7. The predicted octanol–water partition coefficient (Wildman–Crippen LogP) is 7.91. The van der Waals surface area contributed by atoms with Crippen LogP contribution in [0.15, 0.2) is 24.3 Å². The molecule has 0 atom stereocenters. The van der Waals surface area contributed by atoms with Gasteiger partial charge in [-0.25, -0.2) is 9.97 Å². The molecule has 2 aromatic heterocycles. The van der Waals surface area contributed by atoms with Crippen LogP contribution in [-0.4, -0.2) is 19.9 Å². The van der Waals surface area contributed by atoms with E-state index in [1.165, 1.54) is 0 Å². The smallest absolute Gasteiger partial charge is 0.294 e. The first kappa shape index (κ1) is 24.9. The minimum Gasteiger partial charge on any atom is -0.370 e. The van der Waals surface area contributed by atoms with Gasteiger partial charge in [0.25, 0.3) is 11.6 Å². The molecule has 0 N–H and O–H groups in total. The zero-order chi connectivity index (χ0) is 28.7. The average molecular weight is 519 g/mol. The summed E-state index contributed by atoms with van der Waals surface area (Å²) in [5, 5.41) is 24.5. The van der Waals surface area contributed by atoms with Crippen molar-refractivity contribution in [2.24, 2.45) is 0 Å². The fourth-order valence-electron chi connectivity index (χ4n) is 5.35. The maximum absolute atomic E-state index is 9.80. The molecule has 0 saturated heterocycles. The van der Waals surface area contributed by atoms with Crippen LogP contribution >= 0.6 is 0 Å². The summed E-state index contributed by atoms with van der Waals surface area (Å²) >= 11 is 0. The lowest BCUT2D eigenvalue weighted by molar-refractivity contribution is 0.591. The van der Waals surface area contributed by atoms with Crippen LogP contribution in [0.4, 0.5) is 11.6 Å². The van der Waals surface area contributed by atoms with Crippen molar-refractivity contribution in [3.05, 3.63) is 69.6 Å². The van der Waals surface area contributed by atoms with Crippen LogP contribution in [-0.2, 0) is 10.8 Å². The molecule has 0 radical (unpaired) electrons. The molecule has 8 nitrogen and oxygen atoms in total. The highest BCUT2D eigenvalue weighted by Crippen LogP contribution is 2.47. The number of hydrogen-bond acceptors (Lipinski definition) is 6. The molecule has 6 aromatic rings. The summed E-state index contributed by atoms with van der Waals surface area (Å²) in [6, 6.07) is 12.4. The van der Waals surface area contributed by atoms with E-state index in [1.807, 2.05) is 12.1 Å². The molecule has 40 heavy (non-hydrogen) atoms. The van der Waals surface area contributed by atoms with E-state index < -0.39 is 0 Å². The normalized spacial score (nSPS) is 12.2. The quantitative estimate of drug-likeness (QED) is 0.115. The Morgan fingerprint density at radius 3 is 1.12 bits per heavy atom. The Bertz CT molecular complexity index is 1970. The molecule has 0 saturated carbocycles. The van der Waals surface area contributed by atoms with Crippen molar-refractivity contribution in [1.29, 1.82) is 10.5 Å². The Balaban J connectivity index is 2.07. The van der Waals surface area contributed by atoms with E-state index in [0.29, 0.717) is 22.1 Å². The first-order valence-electron chi connectivity index (χ1n) is 12.7. The van der Waals surface area contributed by atoms with Gasteiger partial charge < -0.3 is 9.69 Å². The summed E-state index contributed by atoms with van der Waals surface area (Å²) in [4.78, 5) is 25.8. The molecule has 0 aliphatic rings. The van der Waals surface area contributed by atoms with Crippen molar-refractivity contribution >= 4 is 66.0 Å². The minimum atomic E-state index is -0.257. The van der Waals surface area contributed by atoms with Crippen LogP contribution in [0.25, 0.3) is 64.1 Å². The van der Waals surface area contributed by atoms with Crippen LogP contribution in [0.2, 0.25) is 0 Å². The van der Waals surface area contributed by atoms with Crippen molar-refractivity contribution in [2.45, 2.75) is 52.4 Å². The molecule has 0 aliphatic heterocycles. The second-order valence-corrected chi connectivity index (χ2v) is 12.0. The van der Waals surface area contributed by atoms with E-state index in [2.05, 4.69) is 75.5 Å². The highest BCUT2D eigenvalue weighted by Gasteiger charge is 2.29. The Morgan fingerprint density at radius 1 is 0.575 bits per heavy atom. The Kier molecular flexibility index (Phi) is 4.99. The maximum atomic E-state index is 9.80. The van der Waals surface area contributed by atoms with Crippen molar-refractivity contribution in [3.63, 3.8) is 0 Å². The van der Waals surface area contributed by atoms with Crippen LogP contribution in [0, 0.1) is 35.8 Å². The Labute approximate surface area is 230 Å². The van der Waals surface area contributed by atoms with Gasteiger partial charge in [0.1, 0.15) is 12.1 Å². The van der Waals surface area contributed by atoms with Gasteiger partial charge in [0.2, 0.25) is 11.0 Å². The summed E-state index contributed by atoms with van der Waals surface area (Å²) < 4.78 is 0. The van der Waals surface area contributed by atoms with Gasteiger partial charge in [0.15, 0.2) is 11.4 Å². The van der Waals surface area contributed by atoms with Crippen LogP contribution in [0.3, 0.4) is 0 Å². The molecule has 8 heteroatoms. The zero-order valence-corrected chi connectivity index (χ0v) is 22.9. The lowest BCUT2D eigenvalue weighted by Gasteiger charge is -2.24. The molecule has 0 aliphatic carbocycles. The fraction of sp³-hybridized carbons (Fsp3) is 0.250. The average Bonchev–Trinajstić information content (AvgIpc) is 2.93. The maximum Gasteiger partial charge on any atom is 0.294 e. The molecule has 6 rings (SSSR count). The summed E-state index contributed by atoms with van der Waals surface area (Å²) in [5.41, 5.74) is 3.57. The highest BCUT2D eigenvalue weighted by atomic mass is 15.0. The second-order valence-electron chi connectivity index (χ2n) is 12.0. The summed E-state index contributed by atoms with van der Waals surface area (Å²) in [5.74, 6) is -0.0820. The zero-order valence-electron chi connectivity index (χ0n) is 22.9. The van der Waals surface area contributed by atoms with Crippen molar-refractivity contribution in [1.82, 2.24) is 19.9 Å². The minimum absolute atomic E-state index is 0.0280. The highest BCUT2D eigenvalue weighted by molar-refractivity contribution is 6.38. The number of hydrogen-bond donors (Lipinski definition) is 0. The third-order valence-electron chi connectivity index (χ3n) is 7.46. The number of fused-ring (bicyclic) bond motifs is 6. The van der Waals surface area contributed by atoms with Crippen LogP contribution in [0.1, 0.15) is 64.1 Å². The number of nitriles is 2. The van der Waals surface area contributed by atoms with Gasteiger partial charge in [-0.1, -0.05) is 54.7 Å². The fourth-order valence-corrected chi connectivity index (χ4v) is 5.35. The van der Waals surface area contributed by atoms with Gasteiger partial charge in [0, 0.05) is 32.3 Å². The molecule has 0 unspecified atom stereocenters. The van der Waals surface area contributed by atoms with E-state index in [9.17, 15) is 10.5 Å². The summed E-state index contributed by atoms with van der Waals surface area (Å²) in [6.45, 7) is 28.0. The molecule has 0 fully saturated rings. The summed E-state index contributed by atoms with van der Waals surface area (Å²) in [7, 11) is 0. The molecule has 4 aromatic carbocycles.